The van der Waals surface area contributed by atoms with Crippen LogP contribution in [-0.2, 0) is 17.1 Å². The second-order valence-corrected chi connectivity index (χ2v) is 0. The Morgan fingerprint density at radius 1 is 1.00 bits per heavy atom. The molecule has 4 heteroatoms. The van der Waals surface area contributed by atoms with E-state index in [4.69, 9.17) is 0 Å². The molecule has 0 spiro atoms. The van der Waals surface area contributed by atoms with Gasteiger partial charge in [-0.25, -0.2) is 0 Å². The molecule has 0 aromatic rings. The van der Waals surface area contributed by atoms with Crippen molar-refractivity contribution in [1.82, 2.24) is 0 Å². The SMILES string of the molecule is [Bi].[Cu].[P].[Sn]. The molecule has 0 nitrogen and oxygen atoms in total. The van der Waals surface area contributed by atoms with E-state index < -0.39 is 0 Å². The van der Waals surface area contributed by atoms with Gasteiger partial charge in [-0.3, -0.25) is 0 Å². The minimum absolute atomic E-state index is 0. The zero-order valence-electron chi connectivity index (χ0n) is 1.70. The molecule has 0 saturated carbocycles. The van der Waals surface area contributed by atoms with Crippen molar-refractivity contribution in [3.63, 3.8) is 0 Å². The van der Waals surface area contributed by atoms with Crippen LogP contribution in [0.1, 0.15) is 0 Å². The molecule has 11 radical (unpaired) electrons. The third kappa shape index (κ3) is 8.82. The first-order valence-electron chi connectivity index (χ1n) is 0. The Morgan fingerprint density at radius 3 is 1.00 bits per heavy atom. The van der Waals surface area contributed by atoms with Gasteiger partial charge in [-0.2, -0.15) is 0 Å². The molecule has 25 valence electrons. The molecular formula is BiCuPSn. The Balaban J connectivity index is 0. The van der Waals surface area contributed by atoms with E-state index in [1.54, 1.807) is 0 Å². The van der Waals surface area contributed by atoms with Crippen molar-refractivity contribution in [3.05, 3.63) is 0 Å². The summed E-state index contributed by atoms with van der Waals surface area (Å²) in [7, 11) is 0. The molecule has 0 atom stereocenters. The molecule has 0 amide bonds. The normalized spacial score (nSPS) is 0. The summed E-state index contributed by atoms with van der Waals surface area (Å²) in [5.74, 6) is 0. The van der Waals surface area contributed by atoms with Crippen LogP contribution >= 0.6 is 9.90 Å². The Morgan fingerprint density at radius 2 is 1.00 bits per heavy atom. The van der Waals surface area contributed by atoms with Crippen molar-refractivity contribution in [2.24, 2.45) is 0 Å². The van der Waals surface area contributed by atoms with E-state index >= 15 is 0 Å². The fourth-order valence-electron chi connectivity index (χ4n) is 0. The van der Waals surface area contributed by atoms with E-state index in [1.807, 2.05) is 0 Å². The average molecular weight is 422 g/mol. The van der Waals surface area contributed by atoms with E-state index in [9.17, 15) is 0 Å². The van der Waals surface area contributed by atoms with Crippen molar-refractivity contribution >= 4 is 60.0 Å². The Bertz CT molecular complexity index is 8.00. The average Bonchev–Trinajstić information content (AvgIpc) is 0. The van der Waals surface area contributed by atoms with Gasteiger partial charge in [0.25, 0.3) is 0 Å². The monoisotopic (exact) mass is 423 g/mol. The third-order valence-corrected chi connectivity index (χ3v) is 0. The summed E-state index contributed by atoms with van der Waals surface area (Å²) < 4.78 is 0. The quantitative estimate of drug-likeness (QED) is 0.384. The largest absolute Gasteiger partial charge is 0 e. The molecule has 4 heavy (non-hydrogen) atoms. The predicted octanol–water partition coefficient (Wildman–Crippen LogP) is 0.0971. The van der Waals surface area contributed by atoms with Gasteiger partial charge < -0.3 is 0 Å². The van der Waals surface area contributed by atoms with E-state index in [1.165, 1.54) is 0 Å². The predicted molar refractivity (Wildman–Crippen MR) is 18.4 cm³/mol. The molecule has 0 aromatic heterocycles. The summed E-state index contributed by atoms with van der Waals surface area (Å²) >= 11 is 0. The Hall–Kier alpha value is 2.63. The van der Waals surface area contributed by atoms with Crippen LogP contribution in [0.5, 0.6) is 0 Å². The third-order valence-electron chi connectivity index (χ3n) is 0. The molecule has 0 aromatic carbocycles. The first kappa shape index (κ1) is 30.4. The molecule has 0 N–H and O–H groups in total. The van der Waals surface area contributed by atoms with Crippen molar-refractivity contribution in [3.8, 4) is 0 Å². The second kappa shape index (κ2) is 17.4. The standard InChI is InChI=1S/Bi.Cu.P.Sn. The van der Waals surface area contributed by atoms with Gasteiger partial charge in [-0.05, 0) is 0 Å². The van der Waals surface area contributed by atoms with Crippen molar-refractivity contribution < 1.29 is 17.1 Å². The molecule has 0 heterocycles. The van der Waals surface area contributed by atoms with Gasteiger partial charge in [-0.1, -0.05) is 0 Å². The number of hydrogen-bond acceptors (Lipinski definition) is 0. The summed E-state index contributed by atoms with van der Waals surface area (Å²) in [5, 5.41) is 0. The van der Waals surface area contributed by atoms with Crippen molar-refractivity contribution in [2.45, 2.75) is 0 Å². The number of rotatable bonds is 0. The minimum Gasteiger partial charge on any atom is 0 e. The summed E-state index contributed by atoms with van der Waals surface area (Å²) in [5.41, 5.74) is 0. The minimum atomic E-state index is 0. The van der Waals surface area contributed by atoms with Crippen LogP contribution in [0.15, 0.2) is 0 Å². The Kier molecular flexibility index (Phi) is 132. The van der Waals surface area contributed by atoms with E-state index in [0.29, 0.717) is 0 Å². The van der Waals surface area contributed by atoms with Crippen LogP contribution in [0.4, 0.5) is 0 Å². The first-order chi connectivity index (χ1) is 0. The topological polar surface area (TPSA) is 0 Å². The van der Waals surface area contributed by atoms with Crippen molar-refractivity contribution in [1.29, 1.82) is 0 Å². The van der Waals surface area contributed by atoms with Crippen LogP contribution in [-0.4, -0.2) is 50.1 Å². The van der Waals surface area contributed by atoms with E-state index in [-0.39, 0.29) is 77.1 Å². The molecule has 0 bridgehead atoms. The fraction of sp³-hybridized carbons (Fsp3) is 0. The summed E-state index contributed by atoms with van der Waals surface area (Å²) in [4.78, 5) is 0. The van der Waals surface area contributed by atoms with E-state index in [0.717, 1.165) is 0 Å². The van der Waals surface area contributed by atoms with Gasteiger partial charge in [0.15, 0.2) is 0 Å². The smallest absolute Gasteiger partial charge is 0 e. The molecular weight excluding hydrogens is 422 g/mol. The zero-order valence-corrected chi connectivity index (χ0v) is 9.86. The van der Waals surface area contributed by atoms with Gasteiger partial charge >= 0.3 is 0 Å². The molecule has 0 saturated heterocycles. The fourth-order valence-corrected chi connectivity index (χ4v) is 0. The molecule has 0 unspecified atom stereocenters. The molecule has 0 fully saturated rings. The molecule has 0 aliphatic rings. The van der Waals surface area contributed by atoms with Gasteiger partial charge in [0.2, 0.25) is 0 Å². The maximum atomic E-state index is 0. The van der Waals surface area contributed by atoms with Gasteiger partial charge in [0.1, 0.15) is 0 Å². The summed E-state index contributed by atoms with van der Waals surface area (Å²) in [6, 6.07) is 0. The zero-order chi connectivity index (χ0) is 0. The molecule has 0 rings (SSSR count). The first-order valence-corrected chi connectivity index (χ1v) is 0. The van der Waals surface area contributed by atoms with E-state index in [2.05, 4.69) is 0 Å². The molecule has 0 aliphatic heterocycles. The Labute approximate surface area is 76.0 Å². The van der Waals surface area contributed by atoms with Gasteiger partial charge in [0, 0.05) is 77.1 Å². The van der Waals surface area contributed by atoms with Crippen LogP contribution in [0.3, 0.4) is 0 Å². The van der Waals surface area contributed by atoms with Crippen LogP contribution < -0.4 is 0 Å². The van der Waals surface area contributed by atoms with Gasteiger partial charge in [-0.15, -0.1) is 0 Å². The second-order valence-electron chi connectivity index (χ2n) is 0. The van der Waals surface area contributed by atoms with Crippen LogP contribution in [0, 0.1) is 0 Å². The van der Waals surface area contributed by atoms with Crippen molar-refractivity contribution in [2.75, 3.05) is 0 Å². The maximum Gasteiger partial charge on any atom is 0 e. The van der Waals surface area contributed by atoms with Crippen LogP contribution in [0.2, 0.25) is 0 Å². The summed E-state index contributed by atoms with van der Waals surface area (Å²) in [6.45, 7) is 0. The summed E-state index contributed by atoms with van der Waals surface area (Å²) in [6.07, 6.45) is 0. The molecule has 0 aliphatic carbocycles. The van der Waals surface area contributed by atoms with Crippen LogP contribution in [0.25, 0.3) is 0 Å². The number of hydrogen-bond donors (Lipinski definition) is 0. The van der Waals surface area contributed by atoms with Gasteiger partial charge in [0.05, 0.1) is 0 Å². The maximum absolute atomic E-state index is 0.